The number of hydrogen-bond donors (Lipinski definition) is 1. The van der Waals surface area contributed by atoms with Crippen LogP contribution in [0.4, 0.5) is 5.82 Å². The second-order valence-corrected chi connectivity index (χ2v) is 5.35. The summed E-state index contributed by atoms with van der Waals surface area (Å²) in [6, 6.07) is 11.4. The summed E-state index contributed by atoms with van der Waals surface area (Å²) in [6.45, 7) is 2.59. The lowest BCUT2D eigenvalue weighted by molar-refractivity contribution is 0.0785. The largest absolute Gasteiger partial charge is 0.373 e. The third-order valence-electron chi connectivity index (χ3n) is 3.18. The minimum Gasteiger partial charge on any atom is -0.373 e. The molecule has 5 heteroatoms. The van der Waals surface area contributed by atoms with E-state index in [0.29, 0.717) is 23.1 Å². The average Bonchev–Trinajstić information content (AvgIpc) is 2.48. The summed E-state index contributed by atoms with van der Waals surface area (Å²) in [5, 5.41) is 3.19. The summed E-state index contributed by atoms with van der Waals surface area (Å²) >= 11 is 5.93. The van der Waals surface area contributed by atoms with Crippen LogP contribution in [0.25, 0.3) is 0 Å². The molecule has 1 heterocycles. The monoisotopic (exact) mass is 303 g/mol. The molecule has 0 aliphatic rings. The minimum atomic E-state index is -0.0867. The van der Waals surface area contributed by atoms with E-state index in [-0.39, 0.29) is 5.91 Å². The van der Waals surface area contributed by atoms with Crippen molar-refractivity contribution < 1.29 is 4.79 Å². The van der Waals surface area contributed by atoms with Crippen LogP contribution in [0.5, 0.6) is 0 Å². The molecule has 2 aromatic rings. The molecule has 0 bridgehead atoms. The Hall–Kier alpha value is -2.07. The van der Waals surface area contributed by atoms with Crippen LogP contribution in [-0.4, -0.2) is 29.9 Å². The summed E-state index contributed by atoms with van der Waals surface area (Å²) in [4.78, 5) is 18.2. The van der Waals surface area contributed by atoms with Gasteiger partial charge in [-0.1, -0.05) is 41.4 Å². The van der Waals surface area contributed by atoms with E-state index in [1.54, 1.807) is 31.1 Å². The third kappa shape index (κ3) is 3.95. The summed E-state index contributed by atoms with van der Waals surface area (Å²) in [5.41, 5.74) is 2.81. The van der Waals surface area contributed by atoms with Crippen LogP contribution < -0.4 is 5.32 Å². The van der Waals surface area contributed by atoms with Gasteiger partial charge in [-0.05, 0) is 24.6 Å². The molecule has 0 saturated heterocycles. The van der Waals surface area contributed by atoms with Gasteiger partial charge in [0.15, 0.2) is 0 Å². The van der Waals surface area contributed by atoms with Gasteiger partial charge in [0.1, 0.15) is 11.0 Å². The molecule has 0 fully saturated rings. The van der Waals surface area contributed by atoms with Crippen molar-refractivity contribution in [1.29, 1.82) is 0 Å². The number of hydrogen-bond acceptors (Lipinski definition) is 3. The van der Waals surface area contributed by atoms with Gasteiger partial charge in [0.05, 0.1) is 0 Å². The van der Waals surface area contributed by atoms with Gasteiger partial charge in [-0.15, -0.1) is 0 Å². The molecule has 0 radical (unpaired) electrons. The number of aromatic nitrogens is 1. The smallest absolute Gasteiger partial charge is 0.254 e. The number of anilines is 1. The first-order valence-corrected chi connectivity index (χ1v) is 7.03. The Morgan fingerprint density at radius 3 is 2.57 bits per heavy atom. The molecule has 4 nitrogen and oxygen atoms in total. The fourth-order valence-corrected chi connectivity index (χ4v) is 2.22. The molecular formula is C16H18ClN3O. The van der Waals surface area contributed by atoms with Crippen LogP contribution >= 0.6 is 11.6 Å². The van der Waals surface area contributed by atoms with E-state index in [4.69, 9.17) is 11.6 Å². The van der Waals surface area contributed by atoms with Gasteiger partial charge in [-0.3, -0.25) is 4.79 Å². The first-order valence-electron chi connectivity index (χ1n) is 6.66. The number of aryl methyl sites for hydroxylation is 1. The maximum atomic E-state index is 12.4. The van der Waals surface area contributed by atoms with Crippen molar-refractivity contribution in [1.82, 2.24) is 9.88 Å². The molecule has 110 valence electrons. The lowest BCUT2D eigenvalue weighted by atomic mass is 10.1. The predicted octanol–water partition coefficient (Wildman–Crippen LogP) is 3.36. The SMILES string of the molecule is CNc1cc(C(=O)N(C)Cc2ccc(C)cc2)cc(Cl)n1. The van der Waals surface area contributed by atoms with Crippen molar-refractivity contribution >= 4 is 23.3 Å². The fraction of sp³-hybridized carbons (Fsp3) is 0.250. The van der Waals surface area contributed by atoms with Crippen LogP contribution in [0.3, 0.4) is 0 Å². The highest BCUT2D eigenvalue weighted by Gasteiger charge is 2.14. The number of benzene rings is 1. The number of amides is 1. The molecule has 0 aliphatic heterocycles. The van der Waals surface area contributed by atoms with Gasteiger partial charge in [-0.2, -0.15) is 0 Å². The Balaban J connectivity index is 2.15. The maximum Gasteiger partial charge on any atom is 0.254 e. The highest BCUT2D eigenvalue weighted by molar-refractivity contribution is 6.29. The van der Waals surface area contributed by atoms with E-state index in [0.717, 1.165) is 5.56 Å². The normalized spacial score (nSPS) is 10.3. The van der Waals surface area contributed by atoms with E-state index in [1.165, 1.54) is 5.56 Å². The molecule has 0 saturated carbocycles. The van der Waals surface area contributed by atoms with Crippen molar-refractivity contribution in [3.8, 4) is 0 Å². The van der Waals surface area contributed by atoms with Crippen LogP contribution in [-0.2, 0) is 6.54 Å². The van der Waals surface area contributed by atoms with E-state index in [9.17, 15) is 4.79 Å². The first kappa shape index (κ1) is 15.3. The summed E-state index contributed by atoms with van der Waals surface area (Å²) in [5.74, 6) is 0.492. The van der Waals surface area contributed by atoms with Gasteiger partial charge >= 0.3 is 0 Å². The number of pyridine rings is 1. The zero-order chi connectivity index (χ0) is 15.4. The molecule has 0 atom stereocenters. The molecule has 0 unspecified atom stereocenters. The molecule has 0 aliphatic carbocycles. The molecule has 2 rings (SSSR count). The number of halogens is 1. The van der Waals surface area contributed by atoms with Crippen LogP contribution in [0.15, 0.2) is 36.4 Å². The number of carbonyl (C=O) groups is 1. The Labute approximate surface area is 129 Å². The highest BCUT2D eigenvalue weighted by Crippen LogP contribution is 2.16. The third-order valence-corrected chi connectivity index (χ3v) is 3.38. The Bertz CT molecular complexity index is 640. The van der Waals surface area contributed by atoms with E-state index < -0.39 is 0 Å². The molecule has 1 aromatic heterocycles. The van der Waals surface area contributed by atoms with Crippen LogP contribution in [0.1, 0.15) is 21.5 Å². The number of carbonyl (C=O) groups excluding carboxylic acids is 1. The average molecular weight is 304 g/mol. The molecule has 0 spiro atoms. The zero-order valence-corrected chi connectivity index (χ0v) is 13.1. The predicted molar refractivity (Wildman–Crippen MR) is 85.8 cm³/mol. The minimum absolute atomic E-state index is 0.0867. The van der Waals surface area contributed by atoms with Crippen molar-refractivity contribution in [3.05, 3.63) is 58.2 Å². The van der Waals surface area contributed by atoms with Crippen LogP contribution in [0.2, 0.25) is 5.15 Å². The van der Waals surface area contributed by atoms with E-state index in [1.807, 2.05) is 31.2 Å². The number of nitrogens with zero attached hydrogens (tertiary/aromatic N) is 2. The van der Waals surface area contributed by atoms with E-state index in [2.05, 4.69) is 10.3 Å². The highest BCUT2D eigenvalue weighted by atomic mass is 35.5. The summed E-state index contributed by atoms with van der Waals surface area (Å²) < 4.78 is 0. The van der Waals surface area contributed by atoms with E-state index >= 15 is 0 Å². The summed E-state index contributed by atoms with van der Waals surface area (Å²) in [6.07, 6.45) is 0. The van der Waals surface area contributed by atoms with Gasteiger partial charge in [-0.25, -0.2) is 4.98 Å². The van der Waals surface area contributed by atoms with Crippen molar-refractivity contribution in [2.75, 3.05) is 19.4 Å². The topological polar surface area (TPSA) is 45.2 Å². The van der Waals surface area contributed by atoms with Crippen molar-refractivity contribution in [3.63, 3.8) is 0 Å². The van der Waals surface area contributed by atoms with Gasteiger partial charge < -0.3 is 10.2 Å². The molecule has 1 amide bonds. The molecule has 1 N–H and O–H groups in total. The molecule has 21 heavy (non-hydrogen) atoms. The molecular weight excluding hydrogens is 286 g/mol. The summed E-state index contributed by atoms with van der Waals surface area (Å²) in [7, 11) is 3.51. The lowest BCUT2D eigenvalue weighted by Crippen LogP contribution is -2.26. The number of nitrogens with one attached hydrogen (secondary N) is 1. The second kappa shape index (κ2) is 6.59. The quantitative estimate of drug-likeness (QED) is 0.881. The number of rotatable bonds is 4. The Morgan fingerprint density at radius 1 is 1.29 bits per heavy atom. The molecule has 1 aromatic carbocycles. The Kier molecular flexibility index (Phi) is 4.81. The maximum absolute atomic E-state index is 12.4. The van der Waals surface area contributed by atoms with Crippen molar-refractivity contribution in [2.45, 2.75) is 13.5 Å². The second-order valence-electron chi connectivity index (χ2n) is 4.96. The zero-order valence-electron chi connectivity index (χ0n) is 12.4. The van der Waals surface area contributed by atoms with Gasteiger partial charge in [0.25, 0.3) is 5.91 Å². The lowest BCUT2D eigenvalue weighted by Gasteiger charge is -2.18. The Morgan fingerprint density at radius 2 is 1.95 bits per heavy atom. The van der Waals surface area contributed by atoms with Gasteiger partial charge in [0, 0.05) is 26.2 Å². The fourth-order valence-electron chi connectivity index (χ4n) is 2.01. The first-order chi connectivity index (χ1) is 9.99. The van der Waals surface area contributed by atoms with Crippen LogP contribution in [0, 0.1) is 6.92 Å². The van der Waals surface area contributed by atoms with Crippen molar-refractivity contribution in [2.24, 2.45) is 0 Å². The van der Waals surface area contributed by atoms with Gasteiger partial charge in [0.2, 0.25) is 0 Å². The standard InChI is InChI=1S/C16H18ClN3O/c1-11-4-6-12(7-5-11)10-20(3)16(21)13-8-14(17)19-15(9-13)18-2/h4-9H,10H2,1-3H3,(H,18,19).